The topological polar surface area (TPSA) is 95.9 Å². The number of ether oxygens (including phenoxy) is 1. The number of esters is 1. The maximum Gasteiger partial charge on any atom is 0.323 e. The maximum atomic E-state index is 13.3. The fourth-order valence-corrected chi connectivity index (χ4v) is 4.84. The SMILES string of the molecule is CCOC(=O)[C@H](CCc1ccccc1)N[C@@H]1CC[C@@H]2CCC[C@H]2N(CC(=O)O)C1=O. The van der Waals surface area contributed by atoms with Gasteiger partial charge in [-0.3, -0.25) is 19.7 Å². The van der Waals surface area contributed by atoms with Crippen molar-refractivity contribution in [3.63, 3.8) is 0 Å². The Kier molecular flexibility index (Phi) is 7.85. The molecule has 0 radical (unpaired) electrons. The number of aliphatic carboxylic acids is 1. The molecule has 3 rings (SSSR count). The summed E-state index contributed by atoms with van der Waals surface area (Å²) in [5.41, 5.74) is 1.11. The molecule has 2 fully saturated rings. The summed E-state index contributed by atoms with van der Waals surface area (Å²) in [6.45, 7) is 1.75. The van der Waals surface area contributed by atoms with Crippen LogP contribution in [-0.2, 0) is 25.5 Å². The standard InChI is InChI=1S/C23H32N2O5/c1-2-30-23(29)19(13-11-16-7-4-3-5-8-16)24-18-14-12-17-9-6-10-20(17)25(22(18)28)15-21(26)27/h3-5,7-8,17-20,24H,2,6,9-15H2,1H3,(H,26,27)/t17-,18+,19-,20+/m0/s1. The van der Waals surface area contributed by atoms with Crippen molar-refractivity contribution in [3.05, 3.63) is 35.9 Å². The van der Waals surface area contributed by atoms with Gasteiger partial charge in [0, 0.05) is 6.04 Å². The Morgan fingerprint density at radius 1 is 1.20 bits per heavy atom. The molecule has 4 atom stereocenters. The Balaban J connectivity index is 1.73. The lowest BCUT2D eigenvalue weighted by molar-refractivity contribution is -0.149. The molecule has 1 saturated heterocycles. The molecule has 7 nitrogen and oxygen atoms in total. The third-order valence-electron chi connectivity index (χ3n) is 6.27. The molecule has 1 aromatic rings. The highest BCUT2D eigenvalue weighted by molar-refractivity contribution is 5.87. The third-order valence-corrected chi connectivity index (χ3v) is 6.27. The van der Waals surface area contributed by atoms with E-state index in [1.165, 1.54) is 4.90 Å². The van der Waals surface area contributed by atoms with Gasteiger partial charge in [-0.25, -0.2) is 0 Å². The second-order valence-electron chi connectivity index (χ2n) is 8.24. The van der Waals surface area contributed by atoms with Crippen LogP contribution in [0.5, 0.6) is 0 Å². The van der Waals surface area contributed by atoms with Gasteiger partial charge in [0.05, 0.1) is 12.6 Å². The monoisotopic (exact) mass is 416 g/mol. The number of nitrogens with zero attached hydrogens (tertiary/aromatic N) is 1. The van der Waals surface area contributed by atoms with E-state index in [2.05, 4.69) is 5.32 Å². The molecule has 30 heavy (non-hydrogen) atoms. The largest absolute Gasteiger partial charge is 0.480 e. The van der Waals surface area contributed by atoms with Crippen molar-refractivity contribution in [1.29, 1.82) is 0 Å². The van der Waals surface area contributed by atoms with E-state index in [0.29, 0.717) is 25.2 Å². The lowest BCUT2D eigenvalue weighted by Crippen LogP contribution is -2.54. The van der Waals surface area contributed by atoms with Crippen molar-refractivity contribution in [1.82, 2.24) is 10.2 Å². The van der Waals surface area contributed by atoms with Crippen molar-refractivity contribution in [2.75, 3.05) is 13.2 Å². The molecule has 7 heteroatoms. The molecule has 1 aromatic carbocycles. The van der Waals surface area contributed by atoms with Crippen molar-refractivity contribution < 1.29 is 24.2 Å². The summed E-state index contributed by atoms with van der Waals surface area (Å²) in [6.07, 6.45) is 5.57. The average molecular weight is 417 g/mol. The zero-order valence-corrected chi connectivity index (χ0v) is 17.6. The summed E-state index contributed by atoms with van der Waals surface area (Å²) in [5.74, 6) is -1.23. The van der Waals surface area contributed by atoms with Crippen molar-refractivity contribution in [2.45, 2.75) is 70.0 Å². The van der Waals surface area contributed by atoms with Crippen LogP contribution in [0.25, 0.3) is 0 Å². The number of carbonyl (C=O) groups excluding carboxylic acids is 2. The molecule has 0 bridgehead atoms. The Morgan fingerprint density at radius 2 is 1.97 bits per heavy atom. The van der Waals surface area contributed by atoms with Crippen LogP contribution >= 0.6 is 0 Å². The number of hydrogen-bond acceptors (Lipinski definition) is 5. The maximum absolute atomic E-state index is 13.3. The third kappa shape index (κ3) is 5.59. The quantitative estimate of drug-likeness (QED) is 0.600. The molecular formula is C23H32N2O5. The summed E-state index contributed by atoms with van der Waals surface area (Å²) in [7, 11) is 0. The smallest absolute Gasteiger partial charge is 0.323 e. The number of carbonyl (C=O) groups is 3. The second-order valence-corrected chi connectivity index (χ2v) is 8.24. The van der Waals surface area contributed by atoms with Crippen LogP contribution in [0.15, 0.2) is 30.3 Å². The summed E-state index contributed by atoms with van der Waals surface area (Å²) in [4.78, 5) is 38.8. The lowest BCUT2D eigenvalue weighted by Gasteiger charge is -2.31. The number of hydrogen-bond donors (Lipinski definition) is 2. The highest BCUT2D eigenvalue weighted by atomic mass is 16.5. The van der Waals surface area contributed by atoms with Crippen LogP contribution in [0.4, 0.5) is 0 Å². The first-order valence-corrected chi connectivity index (χ1v) is 11.0. The molecular weight excluding hydrogens is 384 g/mol. The van der Waals surface area contributed by atoms with Gasteiger partial charge in [0.2, 0.25) is 5.91 Å². The number of aryl methyl sites for hydroxylation is 1. The second kappa shape index (κ2) is 10.6. The first-order valence-electron chi connectivity index (χ1n) is 11.0. The Morgan fingerprint density at radius 3 is 2.67 bits per heavy atom. The van der Waals surface area contributed by atoms with Gasteiger partial charge in [-0.2, -0.15) is 0 Å². The van der Waals surface area contributed by atoms with Gasteiger partial charge < -0.3 is 14.7 Å². The Labute approximate surface area is 177 Å². The van der Waals surface area contributed by atoms with Gasteiger partial charge in [0.15, 0.2) is 0 Å². The van der Waals surface area contributed by atoms with Gasteiger partial charge in [0.1, 0.15) is 12.6 Å². The van der Waals surface area contributed by atoms with E-state index in [9.17, 15) is 19.5 Å². The highest BCUT2D eigenvalue weighted by Gasteiger charge is 2.42. The van der Waals surface area contributed by atoms with E-state index >= 15 is 0 Å². The number of fused-ring (bicyclic) bond motifs is 1. The molecule has 1 saturated carbocycles. The van der Waals surface area contributed by atoms with Gasteiger partial charge in [-0.05, 0) is 56.9 Å². The normalized spacial score (nSPS) is 24.8. The number of rotatable bonds is 9. The minimum atomic E-state index is -0.999. The predicted molar refractivity (Wildman–Crippen MR) is 112 cm³/mol. The molecule has 0 spiro atoms. The minimum absolute atomic E-state index is 0.00855. The number of carboxylic acids is 1. The molecule has 1 heterocycles. The zero-order chi connectivity index (χ0) is 21.5. The number of benzene rings is 1. The molecule has 0 aromatic heterocycles. The van der Waals surface area contributed by atoms with Gasteiger partial charge in [0.25, 0.3) is 0 Å². The van der Waals surface area contributed by atoms with Crippen LogP contribution in [0.1, 0.15) is 51.0 Å². The molecule has 2 N–H and O–H groups in total. The molecule has 0 unspecified atom stereocenters. The van der Waals surface area contributed by atoms with E-state index in [1.54, 1.807) is 6.92 Å². The van der Waals surface area contributed by atoms with E-state index < -0.39 is 18.1 Å². The first kappa shape index (κ1) is 22.3. The fraction of sp³-hybridized carbons (Fsp3) is 0.609. The van der Waals surface area contributed by atoms with Gasteiger partial charge in [-0.1, -0.05) is 36.8 Å². The molecule has 2 aliphatic rings. The van der Waals surface area contributed by atoms with Gasteiger partial charge in [-0.15, -0.1) is 0 Å². The van der Waals surface area contributed by atoms with Crippen molar-refractivity contribution in [3.8, 4) is 0 Å². The average Bonchev–Trinajstić information content (AvgIpc) is 3.16. The summed E-state index contributed by atoms with van der Waals surface area (Å²) in [6, 6.07) is 8.69. The molecule has 1 amide bonds. The van der Waals surface area contributed by atoms with Crippen LogP contribution < -0.4 is 5.32 Å². The Bertz CT molecular complexity index is 738. The van der Waals surface area contributed by atoms with Crippen LogP contribution in [0.2, 0.25) is 0 Å². The number of nitrogens with one attached hydrogen (secondary N) is 1. The van der Waals surface area contributed by atoms with E-state index in [1.807, 2.05) is 30.3 Å². The zero-order valence-electron chi connectivity index (χ0n) is 17.6. The van der Waals surface area contributed by atoms with Crippen LogP contribution in [0.3, 0.4) is 0 Å². The van der Waals surface area contributed by atoms with Crippen molar-refractivity contribution in [2.24, 2.45) is 5.92 Å². The fourth-order valence-electron chi connectivity index (χ4n) is 4.84. The predicted octanol–water partition coefficient (Wildman–Crippen LogP) is 2.38. The van der Waals surface area contributed by atoms with E-state index in [0.717, 1.165) is 31.2 Å². The van der Waals surface area contributed by atoms with E-state index in [4.69, 9.17) is 4.74 Å². The molecule has 164 valence electrons. The lowest BCUT2D eigenvalue weighted by atomic mass is 9.97. The highest BCUT2D eigenvalue weighted by Crippen LogP contribution is 2.36. The van der Waals surface area contributed by atoms with Crippen molar-refractivity contribution >= 4 is 17.8 Å². The first-order chi connectivity index (χ1) is 14.5. The molecule has 1 aliphatic heterocycles. The number of carboxylic acid groups (broad SMARTS) is 1. The Hall–Kier alpha value is -2.41. The van der Waals surface area contributed by atoms with Gasteiger partial charge >= 0.3 is 11.9 Å². The minimum Gasteiger partial charge on any atom is -0.480 e. The summed E-state index contributed by atoms with van der Waals surface area (Å²) >= 11 is 0. The summed E-state index contributed by atoms with van der Waals surface area (Å²) < 4.78 is 5.25. The van der Waals surface area contributed by atoms with Crippen LogP contribution in [0, 0.1) is 5.92 Å². The van der Waals surface area contributed by atoms with Crippen LogP contribution in [-0.4, -0.2) is 59.1 Å². The summed E-state index contributed by atoms with van der Waals surface area (Å²) in [5, 5.41) is 12.6. The van der Waals surface area contributed by atoms with E-state index in [-0.39, 0.29) is 31.1 Å². The number of amides is 1. The number of likely N-dealkylation sites (tertiary alicyclic amines) is 1. The molecule has 1 aliphatic carbocycles.